The molecule has 0 amide bonds. The van der Waals surface area contributed by atoms with Gasteiger partial charge in [0.15, 0.2) is 0 Å². The van der Waals surface area contributed by atoms with Crippen molar-refractivity contribution in [3.8, 4) is 0 Å². The van der Waals surface area contributed by atoms with E-state index in [1.165, 1.54) is 0 Å². The molecule has 0 spiro atoms. The maximum Gasteiger partial charge on any atom is 0.0864 e. The van der Waals surface area contributed by atoms with Gasteiger partial charge in [-0.3, -0.25) is 0 Å². The molecule has 4 heteroatoms. The highest BCUT2D eigenvalue weighted by Crippen LogP contribution is 1.98. The van der Waals surface area contributed by atoms with Crippen molar-refractivity contribution >= 4 is 6.01 Å². The zero-order chi connectivity index (χ0) is 10.1. The fraction of sp³-hybridized carbons (Fsp3) is 0.889. The van der Waals surface area contributed by atoms with Crippen LogP contribution in [0.3, 0.4) is 0 Å². The average molecular weight is 184 g/mol. The quantitative estimate of drug-likeness (QED) is 0.409. The summed E-state index contributed by atoms with van der Waals surface area (Å²) in [5.74, 6) is 0. The Bertz CT molecular complexity index is 157. The van der Waals surface area contributed by atoms with Gasteiger partial charge in [0.25, 0.3) is 0 Å². The molecular weight excluding hydrogens is 164 g/mol. The van der Waals surface area contributed by atoms with E-state index in [-0.39, 0.29) is 6.04 Å². The van der Waals surface area contributed by atoms with Crippen molar-refractivity contribution in [1.82, 2.24) is 10.6 Å². The maximum atomic E-state index is 6.72. The highest BCUT2D eigenvalue weighted by atomic mass is 15.1. The molecule has 0 bridgehead atoms. The van der Waals surface area contributed by atoms with Crippen molar-refractivity contribution in [3.05, 3.63) is 0 Å². The van der Waals surface area contributed by atoms with E-state index in [4.69, 9.17) is 5.41 Å². The molecule has 0 saturated heterocycles. The Morgan fingerprint density at radius 2 is 1.85 bits per heavy atom. The van der Waals surface area contributed by atoms with Crippen LogP contribution in [-0.2, 0) is 0 Å². The van der Waals surface area contributed by atoms with Gasteiger partial charge in [-0.2, -0.15) is 0 Å². The lowest BCUT2D eigenvalue weighted by Crippen LogP contribution is -2.43. The van der Waals surface area contributed by atoms with Crippen LogP contribution in [0.1, 0.15) is 27.2 Å². The van der Waals surface area contributed by atoms with E-state index < -0.39 is 0 Å². The predicted molar refractivity (Wildman–Crippen MR) is 55.4 cm³/mol. The predicted octanol–water partition coefficient (Wildman–Crippen LogP) is 1.06. The third-order valence-corrected chi connectivity index (χ3v) is 1.76. The van der Waals surface area contributed by atoms with Gasteiger partial charge in [0.2, 0.25) is 0 Å². The Morgan fingerprint density at radius 1 is 1.31 bits per heavy atom. The zero-order valence-corrected chi connectivity index (χ0v) is 8.72. The number of hydrogen-bond donors (Lipinski definition) is 3. The number of nitrogens with one attached hydrogen (secondary N) is 3. The van der Waals surface area contributed by atoms with Gasteiger partial charge in [0.1, 0.15) is 0 Å². The number of rotatable bonds is 7. The molecule has 0 aromatic rings. The van der Waals surface area contributed by atoms with E-state index in [1.807, 2.05) is 6.92 Å². The molecule has 0 aromatic carbocycles. The minimum absolute atomic E-state index is 0.153. The second kappa shape index (κ2) is 7.92. The van der Waals surface area contributed by atoms with Crippen LogP contribution in [0.2, 0.25) is 0 Å². The van der Waals surface area contributed by atoms with E-state index in [0.29, 0.717) is 6.17 Å². The largest absolute Gasteiger partial charge is 0.302 e. The van der Waals surface area contributed by atoms with Crippen molar-refractivity contribution < 1.29 is 0 Å². The smallest absolute Gasteiger partial charge is 0.0864 e. The van der Waals surface area contributed by atoms with Crippen molar-refractivity contribution in [2.75, 3.05) is 13.1 Å². The molecule has 0 saturated carbocycles. The van der Waals surface area contributed by atoms with Crippen LogP contribution in [0.15, 0.2) is 4.99 Å². The first-order valence-electron chi connectivity index (χ1n) is 4.82. The van der Waals surface area contributed by atoms with Gasteiger partial charge in [-0.05, 0) is 26.4 Å². The number of nitrogens with zero attached hydrogens (tertiary/aromatic N) is 1. The third-order valence-electron chi connectivity index (χ3n) is 1.76. The van der Waals surface area contributed by atoms with Crippen LogP contribution >= 0.6 is 0 Å². The van der Waals surface area contributed by atoms with Gasteiger partial charge >= 0.3 is 0 Å². The Kier molecular flexibility index (Phi) is 7.50. The van der Waals surface area contributed by atoms with Gasteiger partial charge in [-0.1, -0.05) is 13.8 Å². The molecule has 3 N–H and O–H groups in total. The van der Waals surface area contributed by atoms with Gasteiger partial charge in [0.05, 0.1) is 18.2 Å². The average Bonchev–Trinajstić information content (AvgIpc) is 2.05. The summed E-state index contributed by atoms with van der Waals surface area (Å²) in [5.41, 5.74) is 0. The van der Waals surface area contributed by atoms with E-state index in [9.17, 15) is 0 Å². The van der Waals surface area contributed by atoms with Crippen molar-refractivity contribution in [2.24, 2.45) is 4.99 Å². The van der Waals surface area contributed by atoms with Crippen molar-refractivity contribution in [2.45, 2.75) is 39.4 Å². The molecule has 0 radical (unpaired) electrons. The summed E-state index contributed by atoms with van der Waals surface area (Å²) in [4.78, 5) is 3.87. The Hall–Kier alpha value is -0.700. The molecule has 0 fully saturated rings. The number of hydrogen-bond acceptors (Lipinski definition) is 4. The van der Waals surface area contributed by atoms with E-state index in [2.05, 4.69) is 35.5 Å². The van der Waals surface area contributed by atoms with Gasteiger partial charge in [0, 0.05) is 0 Å². The molecule has 13 heavy (non-hydrogen) atoms. The van der Waals surface area contributed by atoms with Gasteiger partial charge in [-0.25, -0.2) is 10.4 Å². The van der Waals surface area contributed by atoms with Crippen LogP contribution in [0.4, 0.5) is 0 Å². The highest BCUT2D eigenvalue weighted by Gasteiger charge is 2.09. The Balaban J connectivity index is 3.84. The second-order valence-electron chi connectivity index (χ2n) is 2.99. The summed E-state index contributed by atoms with van der Waals surface area (Å²) in [5, 5.41) is 13.3. The third kappa shape index (κ3) is 6.46. The second-order valence-corrected chi connectivity index (χ2v) is 2.99. The summed E-state index contributed by atoms with van der Waals surface area (Å²) < 4.78 is 0. The first kappa shape index (κ1) is 12.3. The fourth-order valence-electron chi connectivity index (χ4n) is 1.24. The normalized spacial score (nSPS) is 12.6. The Labute approximate surface area is 80.3 Å². The first-order valence-corrected chi connectivity index (χ1v) is 4.82. The molecule has 76 valence electrons. The lowest BCUT2D eigenvalue weighted by molar-refractivity contribution is 0.396. The molecule has 0 aliphatic heterocycles. The monoisotopic (exact) mass is 184 g/mol. The molecule has 1 atom stereocenters. The molecule has 4 nitrogen and oxygen atoms in total. The summed E-state index contributed by atoms with van der Waals surface area (Å²) in [6.45, 7) is 8.03. The molecule has 0 aliphatic carbocycles. The minimum Gasteiger partial charge on any atom is -0.302 e. The van der Waals surface area contributed by atoms with E-state index >= 15 is 0 Å². The van der Waals surface area contributed by atoms with Crippen molar-refractivity contribution in [1.29, 1.82) is 5.41 Å². The van der Waals surface area contributed by atoms with E-state index in [1.54, 1.807) is 0 Å². The molecule has 0 heterocycles. The summed E-state index contributed by atoms with van der Waals surface area (Å²) in [7, 11) is 0. The van der Waals surface area contributed by atoms with Crippen LogP contribution in [-0.4, -0.2) is 31.3 Å². The molecule has 1 unspecified atom stereocenters. The number of aliphatic imine (C=N–C) groups is 1. The van der Waals surface area contributed by atoms with Crippen molar-refractivity contribution in [3.63, 3.8) is 0 Å². The molecule has 0 aromatic heterocycles. The maximum absolute atomic E-state index is 6.72. The molecular formula is C9H20N4. The zero-order valence-electron chi connectivity index (χ0n) is 8.72. The molecule has 0 rings (SSSR count). The lowest BCUT2D eigenvalue weighted by Gasteiger charge is -2.19. The van der Waals surface area contributed by atoms with Crippen LogP contribution in [0, 0.1) is 5.41 Å². The summed E-state index contributed by atoms with van der Waals surface area (Å²) >= 11 is 0. The molecule has 0 aliphatic rings. The summed E-state index contributed by atoms with van der Waals surface area (Å²) in [6.07, 6.45) is 1.19. The summed E-state index contributed by atoms with van der Waals surface area (Å²) in [6, 6.07) is 2.23. The highest BCUT2D eigenvalue weighted by molar-refractivity contribution is 5.36. The van der Waals surface area contributed by atoms with Crippen LogP contribution < -0.4 is 10.6 Å². The van der Waals surface area contributed by atoms with Gasteiger partial charge in [-0.15, -0.1) is 0 Å². The van der Waals surface area contributed by atoms with E-state index in [0.717, 1.165) is 19.5 Å². The van der Waals surface area contributed by atoms with Crippen LogP contribution in [0.25, 0.3) is 0 Å². The SMILES string of the molecule is CCNC(CC(C)N=C=N)NCC. The van der Waals surface area contributed by atoms with Gasteiger partial charge < -0.3 is 10.6 Å². The lowest BCUT2D eigenvalue weighted by atomic mass is 10.2. The first-order chi connectivity index (χ1) is 6.24. The topological polar surface area (TPSA) is 60.3 Å². The fourth-order valence-corrected chi connectivity index (χ4v) is 1.24. The Morgan fingerprint density at radius 3 is 2.23 bits per heavy atom. The standard InChI is InChI=1S/C9H20N4/c1-4-11-9(12-5-2)6-8(3)13-7-10/h8-12H,4-6H2,1-3H3. The minimum atomic E-state index is 0.153. The van der Waals surface area contributed by atoms with Crippen LogP contribution in [0.5, 0.6) is 0 Å².